The van der Waals surface area contributed by atoms with Crippen LogP contribution in [0.3, 0.4) is 0 Å². The molecule has 1 atom stereocenters. The Morgan fingerprint density at radius 2 is 1.85 bits per heavy atom. The first kappa shape index (κ1) is 12.2. The molecule has 13 heavy (non-hydrogen) atoms. The third-order valence-corrected chi connectivity index (χ3v) is 4.31. The molecule has 8 heteroatoms. The molecule has 0 aromatic carbocycles. The van der Waals surface area contributed by atoms with Crippen LogP contribution in [0.4, 0.5) is 0 Å². The maximum atomic E-state index is 10.9. The van der Waals surface area contributed by atoms with Gasteiger partial charge in [-0.15, -0.1) is 0 Å². The molecular formula is C5BrCl5O2. The number of rotatable bonds is 1. The summed E-state index contributed by atoms with van der Waals surface area (Å²) in [6, 6.07) is 0. The molecule has 0 aromatic rings. The zero-order chi connectivity index (χ0) is 10.4. The molecule has 0 aromatic heterocycles. The van der Waals surface area contributed by atoms with Crippen LogP contribution >= 0.6 is 73.9 Å². The van der Waals surface area contributed by atoms with Gasteiger partial charge in [0.05, 0.1) is 0 Å². The number of halogens is 6. The Balaban J connectivity index is 3.19. The van der Waals surface area contributed by atoms with Gasteiger partial charge in [0.15, 0.2) is 0 Å². The fourth-order valence-corrected chi connectivity index (χ4v) is 2.03. The van der Waals surface area contributed by atoms with E-state index in [0.717, 1.165) is 0 Å². The monoisotopic (exact) mass is 346 g/mol. The molecule has 0 radical (unpaired) electrons. The molecule has 0 fully saturated rings. The van der Waals surface area contributed by atoms with Crippen LogP contribution in [-0.4, -0.2) is 14.3 Å². The number of cyclic esters (lactones) is 1. The third-order valence-electron chi connectivity index (χ3n) is 1.25. The maximum Gasteiger partial charge on any atom is 0.353 e. The first-order valence-electron chi connectivity index (χ1n) is 2.75. The summed E-state index contributed by atoms with van der Waals surface area (Å²) in [6.45, 7) is 0. The molecule has 0 bridgehead atoms. The van der Waals surface area contributed by atoms with Crippen molar-refractivity contribution in [2.45, 2.75) is 8.30 Å². The van der Waals surface area contributed by atoms with Gasteiger partial charge in [0.1, 0.15) is 10.1 Å². The summed E-state index contributed by atoms with van der Waals surface area (Å²) in [5.74, 6) is -0.869. The van der Waals surface area contributed by atoms with E-state index in [0.29, 0.717) is 0 Å². The molecule has 1 rings (SSSR count). The molecule has 0 N–H and O–H groups in total. The van der Waals surface area contributed by atoms with Crippen LogP contribution in [0.2, 0.25) is 0 Å². The van der Waals surface area contributed by atoms with Crippen molar-refractivity contribution in [3.8, 4) is 0 Å². The van der Waals surface area contributed by atoms with E-state index in [1.165, 1.54) is 0 Å². The van der Waals surface area contributed by atoms with E-state index in [-0.39, 0.29) is 10.1 Å². The van der Waals surface area contributed by atoms with Gasteiger partial charge in [-0.05, 0) is 15.9 Å². The van der Waals surface area contributed by atoms with Gasteiger partial charge < -0.3 is 4.74 Å². The average Bonchev–Trinajstić information content (AvgIpc) is 2.15. The van der Waals surface area contributed by atoms with Crippen molar-refractivity contribution < 1.29 is 9.53 Å². The number of ether oxygens (including phenoxy) is 1. The zero-order valence-corrected chi connectivity index (χ0v) is 10.9. The predicted molar refractivity (Wildman–Crippen MR) is 56.8 cm³/mol. The number of hydrogen-bond acceptors (Lipinski definition) is 2. The van der Waals surface area contributed by atoms with Crippen molar-refractivity contribution in [3.63, 3.8) is 0 Å². The Morgan fingerprint density at radius 3 is 2.00 bits per heavy atom. The summed E-state index contributed by atoms with van der Waals surface area (Å²) in [5.41, 5.74) is 0. The van der Waals surface area contributed by atoms with E-state index < -0.39 is 14.3 Å². The third kappa shape index (κ3) is 1.92. The number of esters is 1. The standard InChI is InChI=1S/C5BrCl5O2/c6-5(10,11)4(9)2(8)1(7)3(12)13-4/t4-/m0/s1. The van der Waals surface area contributed by atoms with Gasteiger partial charge in [-0.2, -0.15) is 0 Å². The first-order chi connectivity index (χ1) is 5.70. The van der Waals surface area contributed by atoms with Gasteiger partial charge in [-0.3, -0.25) is 0 Å². The minimum Gasteiger partial charge on any atom is -0.429 e. The van der Waals surface area contributed by atoms with Crippen molar-refractivity contribution in [2.75, 3.05) is 0 Å². The lowest BCUT2D eigenvalue weighted by molar-refractivity contribution is -0.140. The van der Waals surface area contributed by atoms with Crippen LogP contribution in [0.5, 0.6) is 0 Å². The fourth-order valence-electron chi connectivity index (χ4n) is 0.630. The molecule has 0 spiro atoms. The summed E-state index contributed by atoms with van der Waals surface area (Å²) >= 11 is 30.8. The zero-order valence-electron chi connectivity index (χ0n) is 5.58. The molecule has 1 aliphatic heterocycles. The van der Waals surface area contributed by atoms with Crippen LogP contribution in [0.15, 0.2) is 10.1 Å². The normalized spacial score (nSPS) is 29.5. The molecule has 1 aliphatic rings. The lowest BCUT2D eigenvalue weighted by Gasteiger charge is -2.28. The highest BCUT2D eigenvalue weighted by Gasteiger charge is 2.58. The van der Waals surface area contributed by atoms with Crippen LogP contribution in [0, 0.1) is 0 Å². The molecule has 0 saturated heterocycles. The largest absolute Gasteiger partial charge is 0.429 e. The number of carbonyl (C=O) groups excluding carboxylic acids is 1. The van der Waals surface area contributed by atoms with E-state index in [4.69, 9.17) is 58.0 Å². The van der Waals surface area contributed by atoms with Gasteiger partial charge in [0.2, 0.25) is 3.24 Å². The first-order valence-corrected chi connectivity index (χ1v) is 5.43. The van der Waals surface area contributed by atoms with E-state index in [1.807, 2.05) is 0 Å². The number of hydrogen-bond donors (Lipinski definition) is 0. The lowest BCUT2D eigenvalue weighted by atomic mass is 10.4. The summed E-state index contributed by atoms with van der Waals surface area (Å²) in [7, 11) is 0. The van der Waals surface area contributed by atoms with E-state index in [2.05, 4.69) is 20.7 Å². The van der Waals surface area contributed by atoms with Crippen LogP contribution in [-0.2, 0) is 9.53 Å². The molecule has 0 saturated carbocycles. The van der Waals surface area contributed by atoms with Crippen molar-refractivity contribution in [1.29, 1.82) is 0 Å². The van der Waals surface area contributed by atoms with Gasteiger partial charge >= 0.3 is 5.97 Å². The second-order valence-corrected chi connectivity index (χ2v) is 6.83. The summed E-state index contributed by atoms with van der Waals surface area (Å²) in [4.78, 5) is 10.9. The number of alkyl halides is 4. The van der Waals surface area contributed by atoms with E-state index in [9.17, 15) is 4.79 Å². The topological polar surface area (TPSA) is 26.3 Å². The van der Waals surface area contributed by atoms with Crippen molar-refractivity contribution in [3.05, 3.63) is 10.1 Å². The second-order valence-electron chi connectivity index (χ2n) is 2.11. The molecule has 2 nitrogen and oxygen atoms in total. The molecule has 0 unspecified atom stereocenters. The van der Waals surface area contributed by atoms with Crippen molar-refractivity contribution in [2.24, 2.45) is 0 Å². The fraction of sp³-hybridized carbons (Fsp3) is 0.400. The average molecular weight is 349 g/mol. The molecular weight excluding hydrogens is 349 g/mol. The highest BCUT2D eigenvalue weighted by Crippen LogP contribution is 2.54. The van der Waals surface area contributed by atoms with Gasteiger partial charge in [0, 0.05) is 0 Å². The Bertz CT molecular complexity index is 296. The van der Waals surface area contributed by atoms with Crippen LogP contribution in [0.1, 0.15) is 0 Å². The molecule has 1 heterocycles. The Kier molecular flexibility index (Phi) is 3.40. The quantitative estimate of drug-likeness (QED) is 0.533. The van der Waals surface area contributed by atoms with Gasteiger partial charge in [0.25, 0.3) is 5.06 Å². The minimum atomic E-state index is -1.88. The van der Waals surface area contributed by atoms with Gasteiger partial charge in [-0.1, -0.05) is 58.0 Å². The van der Waals surface area contributed by atoms with Crippen molar-refractivity contribution >= 4 is 79.9 Å². The minimum absolute atomic E-state index is 0.247. The summed E-state index contributed by atoms with van der Waals surface area (Å²) in [6.07, 6.45) is 0. The highest BCUT2D eigenvalue weighted by molar-refractivity contribution is 9.11. The van der Waals surface area contributed by atoms with E-state index in [1.54, 1.807) is 0 Å². The Morgan fingerprint density at radius 1 is 1.38 bits per heavy atom. The Hall–Kier alpha value is 1.14. The SMILES string of the molecule is O=C1O[C@](Cl)(C(Cl)(Cl)Br)C(Cl)=C1Cl. The lowest BCUT2D eigenvalue weighted by Crippen LogP contribution is -2.37. The molecule has 74 valence electrons. The smallest absolute Gasteiger partial charge is 0.353 e. The van der Waals surface area contributed by atoms with Crippen LogP contribution in [0.25, 0.3) is 0 Å². The second kappa shape index (κ2) is 3.62. The van der Waals surface area contributed by atoms with Gasteiger partial charge in [-0.25, -0.2) is 4.79 Å². The summed E-state index contributed by atoms with van der Waals surface area (Å²) < 4.78 is 2.87. The predicted octanol–water partition coefficient (Wildman–Crippen LogP) is 3.69. The Labute approximate surface area is 107 Å². The van der Waals surface area contributed by atoms with E-state index >= 15 is 0 Å². The maximum absolute atomic E-state index is 10.9. The highest BCUT2D eigenvalue weighted by atomic mass is 79.9. The molecule has 0 amide bonds. The molecule has 0 aliphatic carbocycles. The number of carbonyl (C=O) groups is 1. The van der Waals surface area contributed by atoms with Crippen LogP contribution < -0.4 is 0 Å². The van der Waals surface area contributed by atoms with Crippen molar-refractivity contribution in [1.82, 2.24) is 0 Å². The summed E-state index contributed by atoms with van der Waals surface area (Å²) in [5, 5.41) is -2.46.